The molecule has 1 aromatic heterocycles. The number of pyridine rings is 1. The number of esters is 1. The number of anilines is 1. The first-order chi connectivity index (χ1) is 14.3. The van der Waals surface area contributed by atoms with Gasteiger partial charge in [-0.25, -0.2) is 4.98 Å². The first-order valence-corrected chi connectivity index (χ1v) is 10.2. The van der Waals surface area contributed by atoms with E-state index in [4.69, 9.17) is 4.74 Å². The van der Waals surface area contributed by atoms with Crippen molar-refractivity contribution in [2.75, 3.05) is 57.3 Å². The standard InChI is InChI=1S/C20H27F3N4O3/c1-2-30-19(29)15-4-3-7-27(13-15)18(28)14-25-8-10-26(11-9-25)17-6-5-16(12-24-17)20(21,22)23/h5-6,12,15H,2-4,7-11,13-14H2,1H3. The fourth-order valence-electron chi connectivity index (χ4n) is 3.82. The van der Waals surface area contributed by atoms with E-state index in [1.807, 2.05) is 9.80 Å². The number of ether oxygens (including phenoxy) is 1. The number of piperazine rings is 1. The van der Waals surface area contributed by atoms with Gasteiger partial charge in [0.15, 0.2) is 0 Å². The Morgan fingerprint density at radius 1 is 1.17 bits per heavy atom. The zero-order valence-corrected chi connectivity index (χ0v) is 17.0. The lowest BCUT2D eigenvalue weighted by Crippen LogP contribution is -2.52. The van der Waals surface area contributed by atoms with Crippen molar-refractivity contribution in [3.8, 4) is 0 Å². The van der Waals surface area contributed by atoms with Crippen LogP contribution in [0.25, 0.3) is 0 Å². The number of nitrogens with zero attached hydrogens (tertiary/aromatic N) is 4. The van der Waals surface area contributed by atoms with Gasteiger partial charge in [-0.05, 0) is 31.9 Å². The molecule has 0 radical (unpaired) electrons. The van der Waals surface area contributed by atoms with E-state index in [9.17, 15) is 22.8 Å². The minimum atomic E-state index is -4.40. The van der Waals surface area contributed by atoms with E-state index < -0.39 is 11.7 Å². The number of likely N-dealkylation sites (tertiary alicyclic amines) is 1. The first kappa shape index (κ1) is 22.3. The Bertz CT molecular complexity index is 734. The average Bonchev–Trinajstić information content (AvgIpc) is 2.74. The molecule has 2 aliphatic rings. The van der Waals surface area contributed by atoms with Crippen LogP contribution in [0.3, 0.4) is 0 Å². The molecule has 1 aromatic rings. The van der Waals surface area contributed by atoms with Crippen LogP contribution >= 0.6 is 0 Å². The summed E-state index contributed by atoms with van der Waals surface area (Å²) in [6.07, 6.45) is -2.03. The zero-order valence-electron chi connectivity index (χ0n) is 17.0. The number of hydrogen-bond acceptors (Lipinski definition) is 6. The Kier molecular flexibility index (Phi) is 7.17. The summed E-state index contributed by atoms with van der Waals surface area (Å²) in [6.45, 7) is 5.80. The Hall–Kier alpha value is -2.36. The van der Waals surface area contributed by atoms with Crippen LogP contribution < -0.4 is 4.90 Å². The predicted molar refractivity (Wildman–Crippen MR) is 104 cm³/mol. The highest BCUT2D eigenvalue weighted by molar-refractivity contribution is 5.80. The van der Waals surface area contributed by atoms with Crippen molar-refractivity contribution in [2.45, 2.75) is 25.9 Å². The lowest BCUT2D eigenvalue weighted by atomic mass is 9.98. The van der Waals surface area contributed by atoms with Gasteiger partial charge in [-0.3, -0.25) is 14.5 Å². The molecule has 7 nitrogen and oxygen atoms in total. The fraction of sp³-hybridized carbons (Fsp3) is 0.650. The lowest BCUT2D eigenvalue weighted by Gasteiger charge is -2.37. The highest BCUT2D eigenvalue weighted by atomic mass is 19.4. The van der Waals surface area contributed by atoms with Gasteiger partial charge < -0.3 is 14.5 Å². The molecule has 0 saturated carbocycles. The maximum Gasteiger partial charge on any atom is 0.417 e. The summed E-state index contributed by atoms with van der Waals surface area (Å²) in [4.78, 5) is 34.2. The van der Waals surface area contributed by atoms with E-state index in [0.717, 1.165) is 25.1 Å². The van der Waals surface area contributed by atoms with Crippen LogP contribution in [0.1, 0.15) is 25.3 Å². The van der Waals surface area contributed by atoms with Gasteiger partial charge in [0.2, 0.25) is 5.91 Å². The number of alkyl halides is 3. The summed E-state index contributed by atoms with van der Waals surface area (Å²) in [5, 5.41) is 0. The number of rotatable bonds is 5. The van der Waals surface area contributed by atoms with Crippen LogP contribution in [0.4, 0.5) is 19.0 Å². The van der Waals surface area contributed by atoms with E-state index in [1.165, 1.54) is 6.07 Å². The molecule has 0 spiro atoms. The van der Waals surface area contributed by atoms with Crippen molar-refractivity contribution in [3.63, 3.8) is 0 Å². The Balaban J connectivity index is 1.47. The molecular weight excluding hydrogens is 401 g/mol. The highest BCUT2D eigenvalue weighted by Gasteiger charge is 2.32. The van der Waals surface area contributed by atoms with Gasteiger partial charge in [0.1, 0.15) is 5.82 Å². The first-order valence-electron chi connectivity index (χ1n) is 10.2. The molecule has 0 aliphatic carbocycles. The van der Waals surface area contributed by atoms with E-state index in [0.29, 0.717) is 51.7 Å². The van der Waals surface area contributed by atoms with Crippen molar-refractivity contribution in [1.82, 2.24) is 14.8 Å². The van der Waals surface area contributed by atoms with Gasteiger partial charge in [-0.15, -0.1) is 0 Å². The third-order valence-electron chi connectivity index (χ3n) is 5.52. The molecule has 2 saturated heterocycles. The van der Waals surface area contributed by atoms with Gasteiger partial charge >= 0.3 is 12.1 Å². The number of carbonyl (C=O) groups excluding carboxylic acids is 2. The largest absolute Gasteiger partial charge is 0.466 e. The maximum atomic E-state index is 12.7. The van der Waals surface area contributed by atoms with Crippen LogP contribution in [-0.2, 0) is 20.5 Å². The summed E-state index contributed by atoms with van der Waals surface area (Å²) in [5.74, 6) is -0.00899. The van der Waals surface area contributed by atoms with Crippen LogP contribution in [0.15, 0.2) is 18.3 Å². The van der Waals surface area contributed by atoms with Crippen molar-refractivity contribution in [2.24, 2.45) is 5.92 Å². The molecule has 166 valence electrons. The summed E-state index contributed by atoms with van der Waals surface area (Å²) >= 11 is 0. The number of piperidine rings is 1. The molecular formula is C20H27F3N4O3. The van der Waals surface area contributed by atoms with Crippen LogP contribution in [0.2, 0.25) is 0 Å². The van der Waals surface area contributed by atoms with Crippen LogP contribution in [0, 0.1) is 5.92 Å². The molecule has 30 heavy (non-hydrogen) atoms. The number of hydrogen-bond donors (Lipinski definition) is 0. The van der Waals surface area contributed by atoms with E-state index in [1.54, 1.807) is 11.8 Å². The number of amides is 1. The second kappa shape index (κ2) is 9.63. The highest BCUT2D eigenvalue weighted by Crippen LogP contribution is 2.29. The van der Waals surface area contributed by atoms with Crippen LogP contribution in [-0.4, -0.2) is 79.1 Å². The van der Waals surface area contributed by atoms with Crippen molar-refractivity contribution < 1.29 is 27.5 Å². The quantitative estimate of drug-likeness (QED) is 0.669. The number of aromatic nitrogens is 1. The van der Waals surface area contributed by atoms with E-state index >= 15 is 0 Å². The van der Waals surface area contributed by atoms with Gasteiger partial charge in [0, 0.05) is 45.5 Å². The molecule has 1 atom stereocenters. The zero-order chi connectivity index (χ0) is 21.7. The average molecular weight is 428 g/mol. The SMILES string of the molecule is CCOC(=O)C1CCCN(C(=O)CN2CCN(c3ccc(C(F)(F)F)cn3)CC2)C1. The molecule has 2 aliphatic heterocycles. The number of carbonyl (C=O) groups is 2. The summed E-state index contributed by atoms with van der Waals surface area (Å²) in [5.41, 5.74) is -0.766. The Labute approximate surface area is 173 Å². The van der Waals surface area contributed by atoms with Gasteiger partial charge in [-0.2, -0.15) is 13.2 Å². The van der Waals surface area contributed by atoms with E-state index in [2.05, 4.69) is 4.98 Å². The maximum absolute atomic E-state index is 12.7. The molecule has 3 heterocycles. The minimum absolute atomic E-state index is 0.00916. The minimum Gasteiger partial charge on any atom is -0.466 e. The molecule has 0 N–H and O–H groups in total. The Morgan fingerprint density at radius 2 is 1.90 bits per heavy atom. The molecule has 3 rings (SSSR count). The number of halogens is 3. The molecule has 1 amide bonds. The monoisotopic (exact) mass is 428 g/mol. The van der Waals surface area contributed by atoms with Gasteiger partial charge in [0.05, 0.1) is 24.6 Å². The molecule has 2 fully saturated rings. The molecule has 1 unspecified atom stereocenters. The van der Waals surface area contributed by atoms with Crippen LogP contribution in [0.5, 0.6) is 0 Å². The molecule has 0 aromatic carbocycles. The molecule has 10 heteroatoms. The smallest absolute Gasteiger partial charge is 0.417 e. The summed E-state index contributed by atoms with van der Waals surface area (Å²) in [7, 11) is 0. The van der Waals surface area contributed by atoms with Gasteiger partial charge in [-0.1, -0.05) is 0 Å². The second-order valence-corrected chi connectivity index (χ2v) is 7.60. The summed E-state index contributed by atoms with van der Waals surface area (Å²) < 4.78 is 43.1. The normalized spacial score (nSPS) is 20.9. The third kappa shape index (κ3) is 5.62. The third-order valence-corrected chi connectivity index (χ3v) is 5.52. The lowest BCUT2D eigenvalue weighted by molar-refractivity contribution is -0.151. The van der Waals surface area contributed by atoms with E-state index in [-0.39, 0.29) is 24.3 Å². The predicted octanol–water partition coefficient (Wildman–Crippen LogP) is 2.02. The van der Waals surface area contributed by atoms with Crippen molar-refractivity contribution >= 4 is 17.7 Å². The van der Waals surface area contributed by atoms with Crippen molar-refractivity contribution in [1.29, 1.82) is 0 Å². The van der Waals surface area contributed by atoms with Crippen molar-refractivity contribution in [3.05, 3.63) is 23.9 Å². The topological polar surface area (TPSA) is 66.0 Å². The Morgan fingerprint density at radius 3 is 2.50 bits per heavy atom. The fourth-order valence-corrected chi connectivity index (χ4v) is 3.82. The van der Waals surface area contributed by atoms with Gasteiger partial charge in [0.25, 0.3) is 0 Å². The summed E-state index contributed by atoms with van der Waals surface area (Å²) in [6, 6.07) is 2.42. The molecule has 0 bridgehead atoms. The second-order valence-electron chi connectivity index (χ2n) is 7.60.